The number of fused-ring (bicyclic) bond motifs is 3. The highest BCUT2D eigenvalue weighted by molar-refractivity contribution is 5.95. The molecule has 31 heavy (non-hydrogen) atoms. The number of carbonyl (C=O) groups excluding carboxylic acids is 2. The Labute approximate surface area is 184 Å². The summed E-state index contributed by atoms with van der Waals surface area (Å²) in [5, 5.41) is 33.7. The van der Waals surface area contributed by atoms with Gasteiger partial charge in [0.15, 0.2) is 17.5 Å². The number of carbonyl (C=O) groups is 2. The number of esters is 1. The number of allylic oxidation sites excluding steroid dienone is 1. The van der Waals surface area contributed by atoms with E-state index in [1.807, 2.05) is 20.8 Å². The molecule has 2 bridgehead atoms. The van der Waals surface area contributed by atoms with Gasteiger partial charge in [-0.3, -0.25) is 9.59 Å². The molecule has 4 aliphatic rings. The first-order chi connectivity index (χ1) is 14.3. The lowest BCUT2D eigenvalue weighted by Crippen LogP contribution is -2.65. The molecule has 6 heteroatoms. The Morgan fingerprint density at radius 3 is 2.55 bits per heavy atom. The molecule has 0 unspecified atom stereocenters. The minimum atomic E-state index is -2.05. The molecule has 4 aliphatic carbocycles. The van der Waals surface area contributed by atoms with E-state index in [0.29, 0.717) is 11.5 Å². The molecule has 3 N–H and O–H groups in total. The molecule has 4 rings (SSSR count). The van der Waals surface area contributed by atoms with Gasteiger partial charge in [-0.1, -0.05) is 46.8 Å². The van der Waals surface area contributed by atoms with Crippen molar-refractivity contribution < 1.29 is 29.6 Å². The lowest BCUT2D eigenvalue weighted by molar-refractivity contribution is -0.203. The highest BCUT2D eigenvalue weighted by Gasteiger charge is 2.76. The van der Waals surface area contributed by atoms with Gasteiger partial charge in [0.2, 0.25) is 0 Å². The van der Waals surface area contributed by atoms with E-state index < -0.39 is 41.7 Å². The van der Waals surface area contributed by atoms with E-state index >= 15 is 0 Å². The highest BCUT2D eigenvalue weighted by Crippen LogP contribution is 2.71. The highest BCUT2D eigenvalue weighted by atomic mass is 16.6. The van der Waals surface area contributed by atoms with E-state index in [1.165, 1.54) is 0 Å². The van der Waals surface area contributed by atoms with Crippen LogP contribution in [0.1, 0.15) is 54.4 Å². The standard InChI is InChI=1S/C25H36O6/c1-12(2)7-18(27)31-22-13(3)10-24-14(4)8-17-19(23(17,5)6)16(21(24)29)9-15(11-26)20(28)25(22,24)30/h9-10,12,14,16-17,19-20,22,26,28,30H,7-8,11H2,1-6H3/t14-,16+,17-,19+,20-,22+,24+,25+/m1/s1. The van der Waals surface area contributed by atoms with Gasteiger partial charge >= 0.3 is 5.97 Å². The zero-order chi connectivity index (χ0) is 23.1. The summed E-state index contributed by atoms with van der Waals surface area (Å²) >= 11 is 0. The summed E-state index contributed by atoms with van der Waals surface area (Å²) in [6.07, 6.45) is 1.71. The van der Waals surface area contributed by atoms with Gasteiger partial charge in [0, 0.05) is 12.3 Å². The van der Waals surface area contributed by atoms with Crippen LogP contribution in [-0.2, 0) is 14.3 Å². The molecule has 0 aromatic carbocycles. The molecule has 2 fully saturated rings. The average molecular weight is 433 g/mol. The first-order valence-electron chi connectivity index (χ1n) is 11.5. The third kappa shape index (κ3) is 2.80. The lowest BCUT2D eigenvalue weighted by Gasteiger charge is -2.48. The van der Waals surface area contributed by atoms with Gasteiger partial charge in [-0.25, -0.2) is 0 Å². The minimum absolute atomic E-state index is 0.0127. The molecule has 0 radical (unpaired) electrons. The summed E-state index contributed by atoms with van der Waals surface area (Å²) in [6, 6.07) is 0. The number of ether oxygens (including phenoxy) is 1. The molecular formula is C25H36O6. The largest absolute Gasteiger partial charge is 0.455 e. The zero-order valence-corrected chi connectivity index (χ0v) is 19.4. The van der Waals surface area contributed by atoms with Crippen molar-refractivity contribution in [3.8, 4) is 0 Å². The third-order valence-electron chi connectivity index (χ3n) is 8.72. The predicted octanol–water partition coefficient (Wildman–Crippen LogP) is 2.41. The van der Waals surface area contributed by atoms with E-state index in [1.54, 1.807) is 19.1 Å². The maximum atomic E-state index is 14.2. The number of aliphatic hydroxyl groups excluding tert-OH is 2. The summed E-state index contributed by atoms with van der Waals surface area (Å²) in [5.74, 6) is -0.856. The number of rotatable bonds is 4. The molecule has 0 amide bonds. The van der Waals surface area contributed by atoms with E-state index in [-0.39, 0.29) is 40.9 Å². The number of ketones is 1. The van der Waals surface area contributed by atoms with Crippen LogP contribution in [0.15, 0.2) is 23.3 Å². The maximum Gasteiger partial charge on any atom is 0.306 e. The van der Waals surface area contributed by atoms with Gasteiger partial charge in [0.1, 0.15) is 6.10 Å². The van der Waals surface area contributed by atoms with Gasteiger partial charge in [-0.2, -0.15) is 0 Å². The van der Waals surface area contributed by atoms with E-state index in [9.17, 15) is 24.9 Å². The molecule has 2 saturated carbocycles. The fourth-order valence-electron chi connectivity index (χ4n) is 7.11. The van der Waals surface area contributed by atoms with Crippen LogP contribution in [0.5, 0.6) is 0 Å². The number of Topliss-reactive ketones (excluding diaryl/α,β-unsaturated/α-hetero) is 1. The Bertz CT molecular complexity index is 869. The van der Waals surface area contributed by atoms with Crippen LogP contribution in [-0.4, -0.2) is 51.5 Å². The summed E-state index contributed by atoms with van der Waals surface area (Å²) in [7, 11) is 0. The number of aliphatic hydroxyl groups is 3. The summed E-state index contributed by atoms with van der Waals surface area (Å²) in [4.78, 5) is 26.7. The second-order valence-electron chi connectivity index (χ2n) is 11.3. The zero-order valence-electron chi connectivity index (χ0n) is 19.4. The molecule has 0 aromatic rings. The van der Waals surface area contributed by atoms with E-state index in [0.717, 1.165) is 6.42 Å². The van der Waals surface area contributed by atoms with Crippen LogP contribution in [0.4, 0.5) is 0 Å². The van der Waals surface area contributed by atoms with Crippen molar-refractivity contribution in [3.63, 3.8) is 0 Å². The van der Waals surface area contributed by atoms with Crippen molar-refractivity contribution in [1.29, 1.82) is 0 Å². The first-order valence-corrected chi connectivity index (χ1v) is 11.5. The molecule has 0 heterocycles. The van der Waals surface area contributed by atoms with Gasteiger partial charge in [0.25, 0.3) is 0 Å². The summed E-state index contributed by atoms with van der Waals surface area (Å²) in [6.45, 7) is 11.3. The Kier molecular flexibility index (Phi) is 5.12. The molecule has 1 spiro atoms. The SMILES string of the molecule is CC1=C[C@]23C(=O)[C@@H](C=C(CO)[C@@H](O)[C@]2(O)[C@H]1OC(=O)CC(C)C)[C@H]1[C@@H](C[C@H]3C)C1(C)C. The van der Waals surface area contributed by atoms with Crippen LogP contribution in [0.2, 0.25) is 0 Å². The predicted molar refractivity (Wildman–Crippen MR) is 115 cm³/mol. The average Bonchev–Trinajstić information content (AvgIpc) is 3.16. The summed E-state index contributed by atoms with van der Waals surface area (Å²) < 4.78 is 5.75. The fraction of sp³-hybridized carbons (Fsp3) is 0.760. The van der Waals surface area contributed by atoms with Gasteiger partial charge in [0.05, 0.1) is 12.0 Å². The fourth-order valence-corrected chi connectivity index (χ4v) is 7.11. The van der Waals surface area contributed by atoms with Crippen LogP contribution in [0, 0.1) is 40.4 Å². The van der Waals surface area contributed by atoms with Gasteiger partial charge in [-0.05, 0) is 53.6 Å². The van der Waals surface area contributed by atoms with Crippen molar-refractivity contribution >= 4 is 11.8 Å². The maximum absolute atomic E-state index is 14.2. The van der Waals surface area contributed by atoms with Crippen LogP contribution in [0.25, 0.3) is 0 Å². The van der Waals surface area contributed by atoms with Crippen LogP contribution < -0.4 is 0 Å². The molecule has 8 atom stereocenters. The van der Waals surface area contributed by atoms with Gasteiger partial charge < -0.3 is 20.1 Å². The smallest absolute Gasteiger partial charge is 0.306 e. The molecule has 0 aliphatic heterocycles. The van der Waals surface area contributed by atoms with Crippen LogP contribution in [0.3, 0.4) is 0 Å². The van der Waals surface area contributed by atoms with Crippen molar-refractivity contribution in [2.75, 3.05) is 6.61 Å². The first kappa shape index (κ1) is 22.7. The Morgan fingerprint density at radius 1 is 1.32 bits per heavy atom. The van der Waals surface area contributed by atoms with Crippen molar-refractivity contribution in [2.24, 2.45) is 40.4 Å². The van der Waals surface area contributed by atoms with Crippen molar-refractivity contribution in [3.05, 3.63) is 23.3 Å². The molecule has 0 saturated heterocycles. The normalized spacial score (nSPS) is 45.2. The number of hydrogen-bond donors (Lipinski definition) is 3. The van der Waals surface area contributed by atoms with Crippen molar-refractivity contribution in [1.82, 2.24) is 0 Å². The molecule has 6 nitrogen and oxygen atoms in total. The minimum Gasteiger partial charge on any atom is -0.455 e. The number of hydrogen-bond acceptors (Lipinski definition) is 6. The Balaban J connectivity index is 1.87. The van der Waals surface area contributed by atoms with Gasteiger partial charge in [-0.15, -0.1) is 0 Å². The van der Waals surface area contributed by atoms with Crippen LogP contribution >= 0.6 is 0 Å². The quantitative estimate of drug-likeness (QED) is 0.466. The van der Waals surface area contributed by atoms with Crippen molar-refractivity contribution in [2.45, 2.75) is 72.2 Å². The monoisotopic (exact) mass is 432 g/mol. The Hall–Kier alpha value is -1.50. The molecule has 0 aromatic heterocycles. The topological polar surface area (TPSA) is 104 Å². The third-order valence-corrected chi connectivity index (χ3v) is 8.72. The van der Waals surface area contributed by atoms with E-state index in [2.05, 4.69) is 13.8 Å². The second-order valence-corrected chi connectivity index (χ2v) is 11.3. The Morgan fingerprint density at radius 2 is 1.97 bits per heavy atom. The lowest BCUT2D eigenvalue weighted by atomic mass is 9.59. The summed E-state index contributed by atoms with van der Waals surface area (Å²) in [5.41, 5.74) is -2.63. The van der Waals surface area contributed by atoms with E-state index in [4.69, 9.17) is 4.74 Å². The molecule has 172 valence electrons. The second kappa shape index (κ2) is 7.00. The molecular weight excluding hydrogens is 396 g/mol.